The lowest BCUT2D eigenvalue weighted by Crippen LogP contribution is -2.47. The van der Waals surface area contributed by atoms with E-state index in [4.69, 9.17) is 4.74 Å². The predicted molar refractivity (Wildman–Crippen MR) is 111 cm³/mol. The summed E-state index contributed by atoms with van der Waals surface area (Å²) in [7, 11) is 1.33. The third kappa shape index (κ3) is 5.48. The number of aliphatic hydroxyl groups is 1. The Balaban J connectivity index is 1.68. The maximum absolute atomic E-state index is 13.7. The van der Waals surface area contributed by atoms with Crippen LogP contribution in [0.15, 0.2) is 36.7 Å². The minimum Gasteiger partial charge on any atom is -0.374 e. The number of morpholine rings is 1. The second kappa shape index (κ2) is 9.60. The van der Waals surface area contributed by atoms with Crippen LogP contribution in [0.3, 0.4) is 0 Å². The van der Waals surface area contributed by atoms with Crippen LogP contribution in [-0.4, -0.2) is 56.9 Å². The number of carbonyl (C=O) groups is 1. The van der Waals surface area contributed by atoms with Crippen LogP contribution in [0.4, 0.5) is 13.2 Å². The van der Waals surface area contributed by atoms with Gasteiger partial charge in [-0.25, -0.2) is 4.98 Å². The summed E-state index contributed by atoms with van der Waals surface area (Å²) in [5.74, 6) is -1.55. The van der Waals surface area contributed by atoms with E-state index in [0.717, 1.165) is 35.0 Å². The predicted octanol–water partition coefficient (Wildman–Crippen LogP) is 2.49. The van der Waals surface area contributed by atoms with Gasteiger partial charge in [0.25, 0.3) is 0 Å². The number of aryl methyl sites for hydroxylation is 1. The van der Waals surface area contributed by atoms with Crippen molar-refractivity contribution in [2.45, 2.75) is 57.3 Å². The van der Waals surface area contributed by atoms with Crippen molar-refractivity contribution < 1.29 is 27.8 Å². The van der Waals surface area contributed by atoms with E-state index in [1.165, 1.54) is 13.2 Å². The molecule has 1 amide bonds. The third-order valence-corrected chi connectivity index (χ3v) is 5.56. The fourth-order valence-corrected chi connectivity index (χ4v) is 4.10. The number of benzene rings is 1. The summed E-state index contributed by atoms with van der Waals surface area (Å²) in [5, 5.41) is 12.9. The Morgan fingerprint density at radius 3 is 2.41 bits per heavy atom. The zero-order chi connectivity index (χ0) is 23.5. The average Bonchev–Trinajstić information content (AvgIpc) is 3.12. The first kappa shape index (κ1) is 24.2. The molecule has 1 aliphatic rings. The Bertz CT molecular complexity index is 923. The number of ether oxygens (including phenoxy) is 1. The maximum Gasteiger partial charge on any atom is 0.425 e. The van der Waals surface area contributed by atoms with Crippen molar-refractivity contribution in [2.24, 2.45) is 7.05 Å². The van der Waals surface area contributed by atoms with E-state index in [-0.39, 0.29) is 18.8 Å². The van der Waals surface area contributed by atoms with Gasteiger partial charge in [-0.2, -0.15) is 13.2 Å². The number of halogens is 3. The summed E-state index contributed by atoms with van der Waals surface area (Å²) in [6, 6.07) is 7.47. The molecule has 0 spiro atoms. The minimum absolute atomic E-state index is 0.0545. The SMILES string of the molecule is CC1CN(Cc2ccccc2CNC(=O)CC(O)(c2nccn2C)C(F)(F)F)CC(C)O1. The summed E-state index contributed by atoms with van der Waals surface area (Å²) >= 11 is 0. The van der Waals surface area contributed by atoms with Crippen molar-refractivity contribution in [3.05, 3.63) is 53.6 Å². The van der Waals surface area contributed by atoms with Crippen LogP contribution >= 0.6 is 0 Å². The Morgan fingerprint density at radius 2 is 1.84 bits per heavy atom. The number of imidazole rings is 1. The Kier molecular flexibility index (Phi) is 7.26. The number of rotatable bonds is 7. The number of hydrogen-bond acceptors (Lipinski definition) is 5. The molecule has 0 bridgehead atoms. The smallest absolute Gasteiger partial charge is 0.374 e. The quantitative estimate of drug-likeness (QED) is 0.672. The van der Waals surface area contributed by atoms with Gasteiger partial charge in [-0.15, -0.1) is 0 Å². The lowest BCUT2D eigenvalue weighted by atomic mass is 9.97. The molecule has 176 valence electrons. The van der Waals surface area contributed by atoms with Gasteiger partial charge in [0.15, 0.2) is 5.82 Å². The van der Waals surface area contributed by atoms with E-state index in [2.05, 4.69) is 15.2 Å². The molecule has 7 nitrogen and oxygen atoms in total. The monoisotopic (exact) mass is 454 g/mol. The van der Waals surface area contributed by atoms with Crippen molar-refractivity contribution in [1.29, 1.82) is 0 Å². The molecule has 2 heterocycles. The number of hydrogen-bond donors (Lipinski definition) is 2. The first-order chi connectivity index (χ1) is 15.0. The van der Waals surface area contributed by atoms with Crippen LogP contribution in [0, 0.1) is 0 Å². The van der Waals surface area contributed by atoms with Gasteiger partial charge in [-0.1, -0.05) is 24.3 Å². The zero-order valence-corrected chi connectivity index (χ0v) is 18.4. The topological polar surface area (TPSA) is 79.6 Å². The van der Waals surface area contributed by atoms with Crippen LogP contribution in [0.1, 0.15) is 37.2 Å². The molecular formula is C22H29F3N4O3. The van der Waals surface area contributed by atoms with Crippen molar-refractivity contribution in [3.8, 4) is 0 Å². The van der Waals surface area contributed by atoms with E-state index in [9.17, 15) is 23.1 Å². The molecule has 1 fully saturated rings. The molecule has 3 atom stereocenters. The summed E-state index contributed by atoms with van der Waals surface area (Å²) in [5.41, 5.74) is -1.60. The summed E-state index contributed by atoms with van der Waals surface area (Å²) in [4.78, 5) is 18.3. The first-order valence-corrected chi connectivity index (χ1v) is 10.5. The lowest BCUT2D eigenvalue weighted by molar-refractivity contribution is -0.271. The third-order valence-electron chi connectivity index (χ3n) is 5.56. The molecule has 1 aromatic carbocycles. The van der Waals surface area contributed by atoms with E-state index in [1.54, 1.807) is 0 Å². The molecule has 10 heteroatoms. The molecule has 1 saturated heterocycles. The number of aromatic nitrogens is 2. The highest BCUT2D eigenvalue weighted by atomic mass is 19.4. The van der Waals surface area contributed by atoms with Crippen LogP contribution in [-0.2, 0) is 35.3 Å². The largest absolute Gasteiger partial charge is 0.425 e. The number of amides is 1. The van der Waals surface area contributed by atoms with Gasteiger partial charge in [0.05, 0.1) is 18.6 Å². The molecule has 2 aromatic rings. The fraction of sp³-hybridized carbons (Fsp3) is 0.545. The molecule has 1 aliphatic heterocycles. The van der Waals surface area contributed by atoms with Gasteiger partial charge in [0, 0.05) is 45.6 Å². The second-order valence-electron chi connectivity index (χ2n) is 8.39. The number of nitrogens with one attached hydrogen (secondary N) is 1. The first-order valence-electron chi connectivity index (χ1n) is 10.5. The number of nitrogens with zero attached hydrogens (tertiary/aromatic N) is 3. The van der Waals surface area contributed by atoms with E-state index in [1.807, 2.05) is 38.1 Å². The normalized spacial score (nSPS) is 21.8. The Labute approximate surface area is 185 Å². The highest BCUT2D eigenvalue weighted by Gasteiger charge is 2.58. The highest BCUT2D eigenvalue weighted by Crippen LogP contribution is 2.40. The van der Waals surface area contributed by atoms with E-state index < -0.39 is 29.9 Å². The van der Waals surface area contributed by atoms with Gasteiger partial charge < -0.3 is 19.7 Å². The molecular weight excluding hydrogens is 425 g/mol. The van der Waals surface area contributed by atoms with Crippen molar-refractivity contribution in [2.75, 3.05) is 13.1 Å². The molecule has 0 saturated carbocycles. The molecule has 2 N–H and O–H groups in total. The van der Waals surface area contributed by atoms with E-state index in [0.29, 0.717) is 6.54 Å². The standard InChI is InChI=1S/C22H29F3N4O3/c1-15-12-29(13-16(2)32-15)14-18-7-5-4-6-17(18)11-27-19(30)10-21(31,22(23,24)25)20-26-8-9-28(20)3/h4-9,15-16,31H,10-14H2,1-3H3,(H,27,30). The minimum atomic E-state index is -5.06. The Hall–Kier alpha value is -2.43. The van der Waals surface area contributed by atoms with Crippen molar-refractivity contribution >= 4 is 5.91 Å². The summed E-state index contributed by atoms with van der Waals surface area (Å²) < 4.78 is 47.8. The summed E-state index contributed by atoms with van der Waals surface area (Å²) in [6.07, 6.45) is -3.60. The molecule has 0 aliphatic carbocycles. The van der Waals surface area contributed by atoms with Gasteiger partial charge in [0.1, 0.15) is 0 Å². The van der Waals surface area contributed by atoms with Crippen LogP contribution in [0.25, 0.3) is 0 Å². The summed E-state index contributed by atoms with van der Waals surface area (Å²) in [6.45, 7) is 6.26. The fourth-order valence-electron chi connectivity index (χ4n) is 4.10. The molecule has 3 unspecified atom stereocenters. The van der Waals surface area contributed by atoms with Crippen LogP contribution < -0.4 is 5.32 Å². The van der Waals surface area contributed by atoms with Gasteiger partial charge in [-0.05, 0) is 25.0 Å². The lowest BCUT2D eigenvalue weighted by Gasteiger charge is -2.35. The van der Waals surface area contributed by atoms with Gasteiger partial charge >= 0.3 is 6.18 Å². The molecule has 3 rings (SSSR count). The average molecular weight is 454 g/mol. The molecule has 1 aromatic heterocycles. The highest BCUT2D eigenvalue weighted by molar-refractivity contribution is 5.77. The van der Waals surface area contributed by atoms with Crippen LogP contribution in [0.2, 0.25) is 0 Å². The number of carbonyl (C=O) groups excluding carboxylic acids is 1. The zero-order valence-electron chi connectivity index (χ0n) is 18.4. The van der Waals surface area contributed by atoms with Crippen molar-refractivity contribution in [1.82, 2.24) is 19.8 Å². The van der Waals surface area contributed by atoms with Crippen molar-refractivity contribution in [3.63, 3.8) is 0 Å². The molecule has 0 radical (unpaired) electrons. The second-order valence-corrected chi connectivity index (χ2v) is 8.39. The number of alkyl halides is 3. The van der Waals surface area contributed by atoms with Gasteiger partial charge in [0.2, 0.25) is 11.5 Å². The van der Waals surface area contributed by atoms with E-state index >= 15 is 0 Å². The van der Waals surface area contributed by atoms with Gasteiger partial charge in [-0.3, -0.25) is 9.69 Å². The molecule has 32 heavy (non-hydrogen) atoms. The maximum atomic E-state index is 13.7. The Morgan fingerprint density at radius 1 is 1.22 bits per heavy atom. The van der Waals surface area contributed by atoms with Crippen LogP contribution in [0.5, 0.6) is 0 Å².